The summed E-state index contributed by atoms with van der Waals surface area (Å²) in [6.07, 6.45) is 2.75. The first-order chi connectivity index (χ1) is 6.08. The SMILES string of the molecule is CO/C=C1\CCOC(C)(C(=O)O)C1. The van der Waals surface area contributed by atoms with E-state index >= 15 is 0 Å². The van der Waals surface area contributed by atoms with Gasteiger partial charge in [-0.05, 0) is 18.9 Å². The van der Waals surface area contributed by atoms with E-state index < -0.39 is 11.6 Å². The van der Waals surface area contributed by atoms with E-state index in [2.05, 4.69) is 0 Å². The second kappa shape index (κ2) is 3.79. The van der Waals surface area contributed by atoms with Gasteiger partial charge in [0.2, 0.25) is 0 Å². The first-order valence-electron chi connectivity index (χ1n) is 4.16. The Morgan fingerprint density at radius 3 is 3.00 bits per heavy atom. The van der Waals surface area contributed by atoms with Crippen molar-refractivity contribution in [3.05, 3.63) is 11.8 Å². The maximum absolute atomic E-state index is 10.8. The van der Waals surface area contributed by atoms with Crippen LogP contribution in [0.3, 0.4) is 0 Å². The molecule has 0 radical (unpaired) electrons. The zero-order chi connectivity index (χ0) is 9.90. The van der Waals surface area contributed by atoms with Gasteiger partial charge in [-0.1, -0.05) is 0 Å². The highest BCUT2D eigenvalue weighted by atomic mass is 16.5. The first kappa shape index (κ1) is 10.1. The van der Waals surface area contributed by atoms with Crippen LogP contribution in [0.2, 0.25) is 0 Å². The number of rotatable bonds is 2. The predicted octanol–water partition coefficient (Wildman–Crippen LogP) is 1.17. The molecule has 74 valence electrons. The summed E-state index contributed by atoms with van der Waals surface area (Å²) in [5.74, 6) is -0.922. The van der Waals surface area contributed by atoms with E-state index in [1.807, 2.05) is 0 Å². The monoisotopic (exact) mass is 186 g/mol. The van der Waals surface area contributed by atoms with Crippen molar-refractivity contribution in [2.45, 2.75) is 25.4 Å². The van der Waals surface area contributed by atoms with Gasteiger partial charge in [0, 0.05) is 6.42 Å². The highest BCUT2D eigenvalue weighted by molar-refractivity contribution is 5.77. The summed E-state index contributed by atoms with van der Waals surface area (Å²) in [4.78, 5) is 10.8. The first-order valence-corrected chi connectivity index (χ1v) is 4.16. The van der Waals surface area contributed by atoms with Gasteiger partial charge in [0.05, 0.1) is 20.0 Å². The van der Waals surface area contributed by atoms with Crippen molar-refractivity contribution in [2.75, 3.05) is 13.7 Å². The highest BCUT2D eigenvalue weighted by Crippen LogP contribution is 2.28. The fourth-order valence-corrected chi connectivity index (χ4v) is 1.38. The van der Waals surface area contributed by atoms with E-state index in [1.165, 1.54) is 0 Å². The molecule has 0 aromatic carbocycles. The molecule has 1 rings (SSSR count). The Morgan fingerprint density at radius 2 is 2.46 bits per heavy atom. The van der Waals surface area contributed by atoms with Crippen LogP contribution in [0.5, 0.6) is 0 Å². The lowest BCUT2D eigenvalue weighted by atomic mass is 9.93. The molecule has 1 saturated heterocycles. The summed E-state index contributed by atoms with van der Waals surface area (Å²) >= 11 is 0. The smallest absolute Gasteiger partial charge is 0.336 e. The van der Waals surface area contributed by atoms with Crippen LogP contribution in [0.15, 0.2) is 11.8 Å². The molecule has 1 fully saturated rings. The Bertz CT molecular complexity index is 234. The molecule has 1 heterocycles. The van der Waals surface area contributed by atoms with Gasteiger partial charge in [-0.3, -0.25) is 0 Å². The third kappa shape index (κ3) is 2.21. The van der Waals surface area contributed by atoms with Crippen LogP contribution < -0.4 is 0 Å². The lowest BCUT2D eigenvalue weighted by molar-refractivity contribution is -0.166. The minimum absolute atomic E-state index is 0.399. The minimum atomic E-state index is -1.08. The van der Waals surface area contributed by atoms with Crippen molar-refractivity contribution in [1.29, 1.82) is 0 Å². The number of ether oxygens (including phenoxy) is 2. The van der Waals surface area contributed by atoms with Crippen LogP contribution in [0.25, 0.3) is 0 Å². The lowest BCUT2D eigenvalue weighted by Gasteiger charge is -2.30. The van der Waals surface area contributed by atoms with Crippen LogP contribution in [0.1, 0.15) is 19.8 Å². The molecular formula is C9H14O4. The van der Waals surface area contributed by atoms with Crippen molar-refractivity contribution in [2.24, 2.45) is 0 Å². The third-order valence-corrected chi connectivity index (χ3v) is 2.15. The Balaban J connectivity index is 2.71. The molecule has 0 aromatic rings. The van der Waals surface area contributed by atoms with Crippen LogP contribution in [-0.4, -0.2) is 30.4 Å². The van der Waals surface area contributed by atoms with Crippen LogP contribution in [0.4, 0.5) is 0 Å². The predicted molar refractivity (Wildman–Crippen MR) is 46.3 cm³/mol. The van der Waals surface area contributed by atoms with Gasteiger partial charge in [-0.2, -0.15) is 0 Å². The molecule has 0 saturated carbocycles. The van der Waals surface area contributed by atoms with E-state index in [1.54, 1.807) is 20.3 Å². The maximum Gasteiger partial charge on any atom is 0.336 e. The van der Waals surface area contributed by atoms with Gasteiger partial charge in [0.15, 0.2) is 5.60 Å². The van der Waals surface area contributed by atoms with Crippen LogP contribution in [-0.2, 0) is 14.3 Å². The molecule has 1 aliphatic rings. The van der Waals surface area contributed by atoms with E-state index in [0.29, 0.717) is 13.0 Å². The molecule has 1 atom stereocenters. The normalized spacial score (nSPS) is 31.7. The standard InChI is InChI=1S/C9H14O4/c1-9(8(10)11)5-7(6-12-2)3-4-13-9/h6H,3-5H2,1-2H3,(H,10,11)/b7-6+. The molecule has 1 unspecified atom stereocenters. The summed E-state index contributed by atoms with van der Waals surface area (Å²) in [6.45, 7) is 2.02. The van der Waals surface area contributed by atoms with Crippen LogP contribution in [0, 0.1) is 0 Å². The summed E-state index contributed by atoms with van der Waals surface area (Å²) in [7, 11) is 1.56. The van der Waals surface area contributed by atoms with E-state index in [4.69, 9.17) is 14.6 Å². The van der Waals surface area contributed by atoms with Crippen molar-refractivity contribution in [3.63, 3.8) is 0 Å². The molecule has 0 amide bonds. The molecule has 0 bridgehead atoms. The number of carboxylic acid groups (broad SMARTS) is 1. The van der Waals surface area contributed by atoms with Gasteiger partial charge in [0.1, 0.15) is 0 Å². The molecule has 0 aromatic heterocycles. The number of carboxylic acids is 1. The zero-order valence-electron chi connectivity index (χ0n) is 7.87. The Kier molecular flexibility index (Phi) is 2.93. The van der Waals surface area contributed by atoms with Gasteiger partial charge in [0.25, 0.3) is 0 Å². The summed E-state index contributed by atoms with van der Waals surface area (Å²) < 4.78 is 10.1. The number of carbonyl (C=O) groups is 1. The van der Waals surface area contributed by atoms with Gasteiger partial charge < -0.3 is 14.6 Å². The fraction of sp³-hybridized carbons (Fsp3) is 0.667. The van der Waals surface area contributed by atoms with Gasteiger partial charge in [-0.15, -0.1) is 0 Å². The number of aliphatic carboxylic acids is 1. The molecule has 0 spiro atoms. The summed E-state index contributed by atoms with van der Waals surface area (Å²) in [6, 6.07) is 0. The molecular weight excluding hydrogens is 172 g/mol. The Morgan fingerprint density at radius 1 is 1.77 bits per heavy atom. The number of hydrogen-bond donors (Lipinski definition) is 1. The average molecular weight is 186 g/mol. The molecule has 1 aliphatic heterocycles. The molecule has 0 aliphatic carbocycles. The lowest BCUT2D eigenvalue weighted by Crippen LogP contribution is -2.41. The minimum Gasteiger partial charge on any atom is -0.504 e. The topological polar surface area (TPSA) is 55.8 Å². The average Bonchev–Trinajstić information content (AvgIpc) is 2.04. The summed E-state index contributed by atoms with van der Waals surface area (Å²) in [5.41, 5.74) is -0.0959. The zero-order valence-corrected chi connectivity index (χ0v) is 7.87. The van der Waals surface area contributed by atoms with Crippen LogP contribution >= 0.6 is 0 Å². The number of methoxy groups -OCH3 is 1. The van der Waals surface area contributed by atoms with Gasteiger partial charge in [-0.25, -0.2) is 4.79 Å². The molecule has 1 N–H and O–H groups in total. The summed E-state index contributed by atoms with van der Waals surface area (Å²) in [5, 5.41) is 8.89. The molecule has 13 heavy (non-hydrogen) atoms. The fourth-order valence-electron chi connectivity index (χ4n) is 1.38. The van der Waals surface area contributed by atoms with Crippen molar-refractivity contribution < 1.29 is 19.4 Å². The van der Waals surface area contributed by atoms with Gasteiger partial charge >= 0.3 is 5.97 Å². The van der Waals surface area contributed by atoms with E-state index in [-0.39, 0.29) is 0 Å². The molecule has 4 nitrogen and oxygen atoms in total. The van der Waals surface area contributed by atoms with Crippen molar-refractivity contribution in [3.8, 4) is 0 Å². The highest BCUT2D eigenvalue weighted by Gasteiger charge is 2.37. The second-order valence-corrected chi connectivity index (χ2v) is 3.32. The second-order valence-electron chi connectivity index (χ2n) is 3.32. The third-order valence-electron chi connectivity index (χ3n) is 2.15. The maximum atomic E-state index is 10.8. The van der Waals surface area contributed by atoms with Crippen molar-refractivity contribution >= 4 is 5.97 Å². The Labute approximate surface area is 77.1 Å². The van der Waals surface area contributed by atoms with Crippen molar-refractivity contribution in [1.82, 2.24) is 0 Å². The largest absolute Gasteiger partial charge is 0.504 e. The molecule has 4 heteroatoms. The van der Waals surface area contributed by atoms with E-state index in [9.17, 15) is 4.79 Å². The quantitative estimate of drug-likeness (QED) is 0.658. The Hall–Kier alpha value is -1.03. The number of hydrogen-bond acceptors (Lipinski definition) is 3. The van der Waals surface area contributed by atoms with E-state index in [0.717, 1.165) is 12.0 Å².